The molecule has 0 saturated heterocycles. The van der Waals surface area contributed by atoms with Crippen LogP contribution < -0.4 is 5.32 Å². The van der Waals surface area contributed by atoms with E-state index in [0.717, 1.165) is 30.4 Å². The molecule has 0 atom stereocenters. The van der Waals surface area contributed by atoms with Gasteiger partial charge in [0.05, 0.1) is 5.56 Å². The summed E-state index contributed by atoms with van der Waals surface area (Å²) >= 11 is 0. The van der Waals surface area contributed by atoms with Crippen molar-refractivity contribution in [3.05, 3.63) is 29.6 Å². The average Bonchev–Trinajstić information content (AvgIpc) is 2.24. The number of nitrogens with one attached hydrogen (secondary N) is 1. The number of nitrogens with zero attached hydrogens (tertiary/aromatic N) is 1. The fourth-order valence-electron chi connectivity index (χ4n) is 2.26. The molecule has 90 valence electrons. The molecule has 0 heterocycles. The first kappa shape index (κ1) is 11.9. The Morgan fingerprint density at radius 1 is 1.41 bits per heavy atom. The van der Waals surface area contributed by atoms with Crippen LogP contribution >= 0.6 is 0 Å². The van der Waals surface area contributed by atoms with E-state index in [0.29, 0.717) is 6.04 Å². The van der Waals surface area contributed by atoms with Gasteiger partial charge >= 0.3 is 0 Å². The molecule has 0 bridgehead atoms. The highest BCUT2D eigenvalue weighted by molar-refractivity contribution is 5.50. The van der Waals surface area contributed by atoms with E-state index in [1.165, 1.54) is 6.07 Å². The minimum atomic E-state index is -0.452. The summed E-state index contributed by atoms with van der Waals surface area (Å²) in [7, 11) is 0. The van der Waals surface area contributed by atoms with E-state index in [1.807, 2.05) is 6.07 Å². The number of hydrogen-bond acceptors (Lipinski definition) is 2. The van der Waals surface area contributed by atoms with Crippen molar-refractivity contribution in [2.45, 2.75) is 32.7 Å². The van der Waals surface area contributed by atoms with Crippen molar-refractivity contribution in [3.8, 4) is 6.07 Å². The minimum absolute atomic E-state index is 0.106. The summed E-state index contributed by atoms with van der Waals surface area (Å²) in [6, 6.07) is 6.95. The van der Waals surface area contributed by atoms with E-state index < -0.39 is 5.82 Å². The molecule has 17 heavy (non-hydrogen) atoms. The van der Waals surface area contributed by atoms with Crippen LogP contribution in [0.25, 0.3) is 0 Å². The second kappa shape index (κ2) is 4.75. The highest BCUT2D eigenvalue weighted by Crippen LogP contribution is 2.35. The molecule has 1 aromatic rings. The van der Waals surface area contributed by atoms with Crippen molar-refractivity contribution in [1.82, 2.24) is 0 Å². The van der Waals surface area contributed by atoms with Crippen molar-refractivity contribution in [2.75, 3.05) is 5.32 Å². The number of anilines is 1. The lowest BCUT2D eigenvalue weighted by Crippen LogP contribution is -2.37. The van der Waals surface area contributed by atoms with Gasteiger partial charge in [-0.25, -0.2) is 4.39 Å². The zero-order valence-corrected chi connectivity index (χ0v) is 10.2. The first-order valence-electron chi connectivity index (χ1n) is 6.06. The van der Waals surface area contributed by atoms with Gasteiger partial charge in [0.2, 0.25) is 0 Å². The summed E-state index contributed by atoms with van der Waals surface area (Å²) in [5, 5.41) is 12.1. The molecular weight excluding hydrogens is 215 g/mol. The molecule has 0 spiro atoms. The van der Waals surface area contributed by atoms with Crippen LogP contribution in [0.4, 0.5) is 10.1 Å². The third-order valence-electron chi connectivity index (χ3n) is 3.57. The van der Waals surface area contributed by atoms with E-state index >= 15 is 0 Å². The molecule has 2 nitrogen and oxygen atoms in total. The summed E-state index contributed by atoms with van der Waals surface area (Å²) in [6.45, 7) is 4.49. The molecule has 0 unspecified atom stereocenters. The van der Waals surface area contributed by atoms with Gasteiger partial charge in [-0.2, -0.15) is 5.26 Å². The fraction of sp³-hybridized carbons (Fsp3) is 0.500. The Labute approximate surface area is 101 Å². The predicted octanol–water partition coefficient (Wildman–Crippen LogP) is 3.54. The van der Waals surface area contributed by atoms with Gasteiger partial charge in [-0.15, -0.1) is 0 Å². The lowest BCUT2D eigenvalue weighted by Gasteiger charge is -2.39. The molecule has 0 radical (unpaired) electrons. The van der Waals surface area contributed by atoms with Crippen LogP contribution in [0, 0.1) is 29.0 Å². The van der Waals surface area contributed by atoms with Gasteiger partial charge in [0.1, 0.15) is 11.9 Å². The Bertz CT molecular complexity index is 442. The van der Waals surface area contributed by atoms with Gasteiger partial charge in [0.25, 0.3) is 0 Å². The molecule has 1 aromatic carbocycles. The monoisotopic (exact) mass is 232 g/mol. The largest absolute Gasteiger partial charge is 0.382 e. The van der Waals surface area contributed by atoms with E-state index in [4.69, 9.17) is 5.26 Å². The molecular formula is C14H17FN2. The van der Waals surface area contributed by atoms with Gasteiger partial charge < -0.3 is 5.32 Å². The number of rotatable bonds is 3. The van der Waals surface area contributed by atoms with Crippen molar-refractivity contribution in [1.29, 1.82) is 5.26 Å². The maximum absolute atomic E-state index is 13.1. The van der Waals surface area contributed by atoms with Gasteiger partial charge in [-0.05, 0) is 42.9 Å². The number of halogens is 1. The normalized spacial score (nSPS) is 23.0. The molecule has 0 aromatic heterocycles. The molecule has 1 saturated carbocycles. The molecule has 1 fully saturated rings. The van der Waals surface area contributed by atoms with Crippen LogP contribution in [0.2, 0.25) is 0 Å². The second-order valence-electron chi connectivity index (χ2n) is 5.12. The molecule has 1 aliphatic carbocycles. The highest BCUT2D eigenvalue weighted by atomic mass is 19.1. The quantitative estimate of drug-likeness (QED) is 0.865. The van der Waals surface area contributed by atoms with Crippen LogP contribution in [-0.4, -0.2) is 6.04 Å². The molecule has 1 aliphatic rings. The maximum Gasteiger partial charge on any atom is 0.141 e. The third-order valence-corrected chi connectivity index (χ3v) is 3.57. The summed E-state index contributed by atoms with van der Waals surface area (Å²) in [4.78, 5) is 0. The Morgan fingerprint density at radius 2 is 2.12 bits per heavy atom. The van der Waals surface area contributed by atoms with Crippen molar-refractivity contribution in [3.63, 3.8) is 0 Å². The second-order valence-corrected chi connectivity index (χ2v) is 5.12. The standard InChI is InChI=1S/C14H17FN2/c1-9(2)10-5-13(6-10)17-12-3-4-14(15)11(7-12)8-16/h3-4,7,9-10,13,17H,5-6H2,1-2H3. The minimum Gasteiger partial charge on any atom is -0.382 e. The zero-order chi connectivity index (χ0) is 12.4. The van der Waals surface area contributed by atoms with Crippen LogP contribution in [0.3, 0.4) is 0 Å². The number of hydrogen-bond donors (Lipinski definition) is 1. The Morgan fingerprint density at radius 3 is 2.71 bits per heavy atom. The van der Waals surface area contributed by atoms with Crippen LogP contribution in [0.5, 0.6) is 0 Å². The van der Waals surface area contributed by atoms with Crippen LogP contribution in [0.1, 0.15) is 32.3 Å². The summed E-state index contributed by atoms with van der Waals surface area (Å²) < 4.78 is 13.1. The van der Waals surface area contributed by atoms with Crippen molar-refractivity contribution >= 4 is 5.69 Å². The van der Waals surface area contributed by atoms with Gasteiger partial charge in [-0.3, -0.25) is 0 Å². The maximum atomic E-state index is 13.1. The predicted molar refractivity (Wildman–Crippen MR) is 66.1 cm³/mol. The Balaban J connectivity index is 1.95. The van der Waals surface area contributed by atoms with E-state index in [9.17, 15) is 4.39 Å². The van der Waals surface area contributed by atoms with Crippen molar-refractivity contribution in [2.24, 2.45) is 11.8 Å². The SMILES string of the molecule is CC(C)C1CC(Nc2ccc(F)c(C#N)c2)C1. The summed E-state index contributed by atoms with van der Waals surface area (Å²) in [6.07, 6.45) is 2.33. The number of benzene rings is 1. The lowest BCUT2D eigenvalue weighted by atomic mass is 9.73. The third kappa shape index (κ3) is 2.58. The fourth-order valence-corrected chi connectivity index (χ4v) is 2.26. The molecule has 0 amide bonds. The molecule has 3 heteroatoms. The van der Waals surface area contributed by atoms with E-state index in [2.05, 4.69) is 19.2 Å². The Kier molecular flexibility index (Phi) is 3.33. The number of nitriles is 1. The van der Waals surface area contributed by atoms with E-state index in [-0.39, 0.29) is 5.56 Å². The smallest absolute Gasteiger partial charge is 0.141 e. The van der Waals surface area contributed by atoms with Gasteiger partial charge in [-0.1, -0.05) is 13.8 Å². The van der Waals surface area contributed by atoms with Gasteiger partial charge in [0, 0.05) is 11.7 Å². The molecule has 2 rings (SSSR count). The summed E-state index contributed by atoms with van der Waals surface area (Å²) in [5.74, 6) is 1.08. The zero-order valence-electron chi connectivity index (χ0n) is 10.2. The first-order chi connectivity index (χ1) is 8.10. The molecule has 1 N–H and O–H groups in total. The topological polar surface area (TPSA) is 35.8 Å². The molecule has 0 aliphatic heterocycles. The average molecular weight is 232 g/mol. The van der Waals surface area contributed by atoms with Gasteiger partial charge in [0.15, 0.2) is 0 Å². The Hall–Kier alpha value is -1.56. The van der Waals surface area contributed by atoms with E-state index in [1.54, 1.807) is 12.1 Å². The highest BCUT2D eigenvalue weighted by Gasteiger charge is 2.30. The summed E-state index contributed by atoms with van der Waals surface area (Å²) in [5.41, 5.74) is 0.949. The first-order valence-corrected chi connectivity index (χ1v) is 6.06. The lowest BCUT2D eigenvalue weighted by molar-refractivity contribution is 0.212. The van der Waals surface area contributed by atoms with Crippen LogP contribution in [-0.2, 0) is 0 Å². The van der Waals surface area contributed by atoms with Crippen LogP contribution in [0.15, 0.2) is 18.2 Å². The van der Waals surface area contributed by atoms with Crippen molar-refractivity contribution < 1.29 is 4.39 Å².